The number of alkyl halides is 4. The second-order valence-electron chi connectivity index (χ2n) is 4.75. The number of pyridine rings is 1. The Labute approximate surface area is 138 Å². The molecule has 3 nitrogen and oxygen atoms in total. The minimum absolute atomic E-state index is 0.0310. The van der Waals surface area contributed by atoms with Crippen LogP contribution in [-0.2, 0) is 17.5 Å². The van der Waals surface area contributed by atoms with Gasteiger partial charge in [0.2, 0.25) is 5.91 Å². The highest BCUT2D eigenvalue weighted by Crippen LogP contribution is 2.29. The molecule has 0 spiro atoms. The molecule has 0 fully saturated rings. The maximum atomic E-state index is 13.7. The Morgan fingerprint density at radius 2 is 1.88 bits per heavy atom. The molecule has 128 valence electrons. The van der Waals surface area contributed by atoms with Gasteiger partial charge in [-0.25, -0.2) is 13.8 Å². The average molecular weight is 365 g/mol. The number of hydrogen-bond donors (Lipinski definition) is 0. The second-order valence-corrected chi connectivity index (χ2v) is 5.02. The number of amides is 1. The highest BCUT2D eigenvalue weighted by molar-refractivity contribution is 6.29. The average Bonchev–Trinajstić information content (AvgIpc) is 2.53. The number of nitrogens with zero attached hydrogens (tertiary/aromatic N) is 2. The van der Waals surface area contributed by atoms with Gasteiger partial charge in [0.05, 0.1) is 12.1 Å². The molecule has 1 heterocycles. The second kappa shape index (κ2) is 7.12. The number of benzene rings is 1. The van der Waals surface area contributed by atoms with Crippen LogP contribution in [-0.4, -0.2) is 16.8 Å². The lowest BCUT2D eigenvalue weighted by molar-refractivity contribution is -0.137. The van der Waals surface area contributed by atoms with Crippen molar-refractivity contribution in [2.45, 2.75) is 12.7 Å². The van der Waals surface area contributed by atoms with Crippen molar-refractivity contribution in [1.29, 1.82) is 0 Å². The third-order valence-corrected chi connectivity index (χ3v) is 3.34. The van der Waals surface area contributed by atoms with Crippen LogP contribution >= 0.6 is 11.6 Å². The lowest BCUT2D eigenvalue weighted by Crippen LogP contribution is -2.32. The van der Waals surface area contributed by atoms with Gasteiger partial charge in [-0.15, -0.1) is 11.6 Å². The quantitative estimate of drug-likeness (QED) is 0.603. The van der Waals surface area contributed by atoms with E-state index in [4.69, 9.17) is 11.6 Å². The Kier molecular flexibility index (Phi) is 5.38. The summed E-state index contributed by atoms with van der Waals surface area (Å²) in [5, 5.41) is 0. The summed E-state index contributed by atoms with van der Waals surface area (Å²) in [5.41, 5.74) is -1.02. The molecule has 9 heteroatoms. The molecular weight excluding hydrogens is 355 g/mol. The zero-order valence-corrected chi connectivity index (χ0v) is 12.7. The number of halogens is 6. The predicted molar refractivity (Wildman–Crippen MR) is 77.5 cm³/mol. The minimum Gasteiger partial charge on any atom is -0.291 e. The lowest BCUT2D eigenvalue weighted by Gasteiger charge is -2.21. The molecule has 0 N–H and O–H groups in total. The first-order valence-corrected chi connectivity index (χ1v) is 7.09. The summed E-state index contributed by atoms with van der Waals surface area (Å²) in [5.74, 6) is -2.98. The van der Waals surface area contributed by atoms with Crippen molar-refractivity contribution in [1.82, 2.24) is 4.98 Å². The van der Waals surface area contributed by atoms with E-state index in [0.29, 0.717) is 12.3 Å². The fraction of sp³-hybridized carbons (Fsp3) is 0.200. The monoisotopic (exact) mass is 364 g/mol. The Bertz CT molecular complexity index is 734. The van der Waals surface area contributed by atoms with Gasteiger partial charge in [0.25, 0.3) is 0 Å². The first-order valence-electron chi connectivity index (χ1n) is 6.56. The van der Waals surface area contributed by atoms with E-state index in [1.54, 1.807) is 0 Å². The molecule has 24 heavy (non-hydrogen) atoms. The number of rotatable bonds is 4. The Balaban J connectivity index is 2.33. The molecule has 0 saturated carbocycles. The number of hydrogen-bond acceptors (Lipinski definition) is 2. The molecule has 0 aliphatic heterocycles. The third kappa shape index (κ3) is 4.19. The number of carbonyl (C=O) groups excluding carboxylic acids is 1. The molecule has 0 radical (unpaired) electrons. The van der Waals surface area contributed by atoms with Crippen molar-refractivity contribution in [2.24, 2.45) is 0 Å². The van der Waals surface area contributed by atoms with E-state index in [2.05, 4.69) is 4.98 Å². The smallest absolute Gasteiger partial charge is 0.291 e. The molecule has 0 aliphatic rings. The van der Waals surface area contributed by atoms with Gasteiger partial charge >= 0.3 is 6.18 Å². The van der Waals surface area contributed by atoms with E-state index < -0.39 is 35.2 Å². The summed E-state index contributed by atoms with van der Waals surface area (Å²) >= 11 is 5.48. The summed E-state index contributed by atoms with van der Waals surface area (Å²) in [6, 6.07) is 4.50. The van der Waals surface area contributed by atoms with Crippen LogP contribution in [0.3, 0.4) is 0 Å². The molecule has 0 unspecified atom stereocenters. The molecule has 0 bridgehead atoms. The molecule has 1 aromatic heterocycles. The van der Waals surface area contributed by atoms with Crippen molar-refractivity contribution in [3.8, 4) is 0 Å². The number of anilines is 1. The maximum absolute atomic E-state index is 13.7. The molecule has 2 rings (SSSR count). The third-order valence-electron chi connectivity index (χ3n) is 3.11. The van der Waals surface area contributed by atoms with Gasteiger partial charge < -0.3 is 0 Å². The maximum Gasteiger partial charge on any atom is 0.417 e. The van der Waals surface area contributed by atoms with E-state index in [1.807, 2.05) is 0 Å². The molecular formula is C15H10ClF5N2O. The fourth-order valence-corrected chi connectivity index (χ4v) is 2.05. The molecule has 0 saturated heterocycles. The van der Waals surface area contributed by atoms with Gasteiger partial charge in [0.15, 0.2) is 0 Å². The van der Waals surface area contributed by atoms with Crippen LogP contribution in [0.5, 0.6) is 0 Å². The predicted octanol–water partition coefficient (Wildman–Crippen LogP) is 4.15. The fourth-order valence-electron chi connectivity index (χ4n) is 1.90. The lowest BCUT2D eigenvalue weighted by atomic mass is 10.2. The summed E-state index contributed by atoms with van der Waals surface area (Å²) < 4.78 is 64.3. The van der Waals surface area contributed by atoms with Crippen molar-refractivity contribution < 1.29 is 26.7 Å². The van der Waals surface area contributed by atoms with E-state index >= 15 is 0 Å². The summed E-state index contributed by atoms with van der Waals surface area (Å²) in [6.45, 7) is -0.351. The van der Waals surface area contributed by atoms with Crippen LogP contribution in [0.15, 0.2) is 36.5 Å². The van der Waals surface area contributed by atoms with E-state index in [1.165, 1.54) is 0 Å². The zero-order chi connectivity index (χ0) is 17.9. The van der Waals surface area contributed by atoms with Crippen LogP contribution < -0.4 is 4.90 Å². The van der Waals surface area contributed by atoms with Gasteiger partial charge in [-0.2, -0.15) is 13.2 Å². The minimum atomic E-state index is -4.57. The number of carbonyl (C=O) groups is 1. The first-order chi connectivity index (χ1) is 11.2. The van der Waals surface area contributed by atoms with Gasteiger partial charge in [-0.1, -0.05) is 6.07 Å². The standard InChI is InChI=1S/C15H10ClF5N2O/c16-6-14(24)23(8-9-1-3-11(17)5-12(9)18)13-4-2-10(7-22-13)15(19,20)21/h1-5,7H,6,8H2. The molecule has 2 aromatic rings. The largest absolute Gasteiger partial charge is 0.417 e. The SMILES string of the molecule is O=C(CCl)N(Cc1ccc(F)cc1F)c1ccc(C(F)(F)F)cn1. The van der Waals surface area contributed by atoms with Gasteiger partial charge in [-0.05, 0) is 18.2 Å². The molecule has 0 atom stereocenters. The number of aromatic nitrogens is 1. The van der Waals surface area contributed by atoms with Crippen LogP contribution in [0.1, 0.15) is 11.1 Å². The summed E-state index contributed by atoms with van der Waals surface area (Å²) in [7, 11) is 0. The van der Waals surface area contributed by atoms with Crippen molar-refractivity contribution in [3.05, 3.63) is 59.3 Å². The van der Waals surface area contributed by atoms with Gasteiger partial charge in [0, 0.05) is 17.8 Å². The summed E-state index contributed by atoms with van der Waals surface area (Å²) in [4.78, 5) is 16.4. The molecule has 1 aromatic carbocycles. The van der Waals surface area contributed by atoms with E-state index in [9.17, 15) is 26.7 Å². The Morgan fingerprint density at radius 3 is 2.38 bits per heavy atom. The van der Waals surface area contributed by atoms with Gasteiger partial charge in [0.1, 0.15) is 23.3 Å². The zero-order valence-electron chi connectivity index (χ0n) is 11.9. The highest BCUT2D eigenvalue weighted by Gasteiger charge is 2.31. The van der Waals surface area contributed by atoms with Crippen LogP contribution in [0.25, 0.3) is 0 Å². The van der Waals surface area contributed by atoms with E-state index in [-0.39, 0.29) is 17.9 Å². The molecule has 0 aliphatic carbocycles. The van der Waals surface area contributed by atoms with Crippen molar-refractivity contribution in [3.63, 3.8) is 0 Å². The van der Waals surface area contributed by atoms with Crippen LogP contribution in [0.4, 0.5) is 27.8 Å². The molecule has 1 amide bonds. The van der Waals surface area contributed by atoms with Crippen LogP contribution in [0.2, 0.25) is 0 Å². The topological polar surface area (TPSA) is 33.2 Å². The van der Waals surface area contributed by atoms with Gasteiger partial charge in [-0.3, -0.25) is 9.69 Å². The normalized spacial score (nSPS) is 11.4. The highest BCUT2D eigenvalue weighted by atomic mass is 35.5. The Hall–Kier alpha value is -2.22. The van der Waals surface area contributed by atoms with E-state index in [0.717, 1.165) is 29.2 Å². The first kappa shape index (κ1) is 18.1. The van der Waals surface area contributed by atoms with Crippen molar-refractivity contribution in [2.75, 3.05) is 10.8 Å². The summed E-state index contributed by atoms with van der Waals surface area (Å²) in [6.07, 6.45) is -4.01. The van der Waals surface area contributed by atoms with Crippen molar-refractivity contribution >= 4 is 23.3 Å². The van der Waals surface area contributed by atoms with Crippen LogP contribution in [0, 0.1) is 11.6 Å². The Morgan fingerprint density at radius 1 is 1.17 bits per heavy atom.